The average molecular weight is 835 g/mol. The number of rotatable bonds is 10. The number of cyclic esters (lactones) is 1. The monoisotopic (exact) mass is 834 g/mol. The molecule has 1 amide bonds. The smallest absolute Gasteiger partial charge is 0.444 e. The standard InChI is InChI=1S/C36H43IN4O9S/c1-21(42)48-22-11-12-27-23(17-22)31(51(8,37(6)7)16-10-9-14-38)24-19-41-28(30(24)40-27)18-26-25(32(41)44)20-47-33(45)36(26,5)49-29(43)13-15-39-34(46)50-35(2,3)4/h11-12,17-18H,9-10,13,15-16,19-20H2,1-8H3,(H,39,46)/t36-/m0/s1. The van der Waals surface area contributed by atoms with Crippen LogP contribution in [0, 0.1) is 11.3 Å². The van der Waals surface area contributed by atoms with Gasteiger partial charge in [-0.25, -0.2) is 4.79 Å². The number of pyridine rings is 2. The zero-order valence-electron chi connectivity index (χ0n) is 30.1. The van der Waals surface area contributed by atoms with Gasteiger partial charge in [0.05, 0.1) is 0 Å². The summed E-state index contributed by atoms with van der Waals surface area (Å²) in [6.07, 6.45) is 2.48. The van der Waals surface area contributed by atoms with Crippen LogP contribution in [0.2, 0.25) is 0 Å². The van der Waals surface area contributed by atoms with Crippen molar-refractivity contribution in [1.29, 1.82) is 5.26 Å². The Morgan fingerprint density at radius 2 is 1.90 bits per heavy atom. The first-order chi connectivity index (χ1) is 23.9. The molecule has 0 radical (unpaired) electrons. The minimum atomic E-state index is -1.94. The number of aromatic nitrogens is 2. The number of unbranched alkanes of at least 4 members (excludes halogenated alkanes) is 1. The van der Waals surface area contributed by atoms with Crippen molar-refractivity contribution in [2.24, 2.45) is 0 Å². The van der Waals surface area contributed by atoms with Gasteiger partial charge >= 0.3 is 264 Å². The molecule has 2 aliphatic rings. The molecule has 2 aromatic heterocycles. The fourth-order valence-corrected chi connectivity index (χ4v) is 16.8. The summed E-state index contributed by atoms with van der Waals surface area (Å²) in [6.45, 7) is 7.73. The van der Waals surface area contributed by atoms with E-state index in [1.54, 1.807) is 43.5 Å². The molecule has 1 N–H and O–H groups in total. The summed E-state index contributed by atoms with van der Waals surface area (Å²) in [5.74, 6) is -0.839. The summed E-state index contributed by atoms with van der Waals surface area (Å²) >= 11 is -1.68. The number of ether oxygens (including phenoxy) is 4. The van der Waals surface area contributed by atoms with E-state index in [2.05, 4.69) is 27.5 Å². The van der Waals surface area contributed by atoms with Gasteiger partial charge in [0.2, 0.25) is 0 Å². The van der Waals surface area contributed by atoms with E-state index in [4.69, 9.17) is 23.9 Å². The number of fused-ring (bicyclic) bond motifs is 5. The number of carbonyl (C=O) groups is 4. The van der Waals surface area contributed by atoms with Gasteiger partial charge in [0.15, 0.2) is 0 Å². The Morgan fingerprint density at radius 1 is 1.18 bits per heavy atom. The Bertz CT molecular complexity index is 2050. The van der Waals surface area contributed by atoms with Crippen LogP contribution in [0.5, 0.6) is 5.75 Å². The van der Waals surface area contributed by atoms with Gasteiger partial charge in [0.25, 0.3) is 0 Å². The molecule has 0 saturated carbocycles. The Morgan fingerprint density at radius 3 is 2.55 bits per heavy atom. The molecule has 3 aromatic rings. The predicted octanol–water partition coefficient (Wildman–Crippen LogP) is 5.86. The Kier molecular flexibility index (Phi) is 10.8. The zero-order valence-corrected chi connectivity index (χ0v) is 33.0. The fraction of sp³-hybridized carbons (Fsp3) is 0.472. The van der Waals surface area contributed by atoms with Gasteiger partial charge in [-0.3, -0.25) is 0 Å². The van der Waals surface area contributed by atoms with E-state index in [1.165, 1.54) is 13.8 Å². The average Bonchev–Trinajstić information content (AvgIpc) is 3.39. The number of halogens is 1. The van der Waals surface area contributed by atoms with Crippen molar-refractivity contribution in [3.63, 3.8) is 0 Å². The van der Waals surface area contributed by atoms with Crippen LogP contribution in [0.1, 0.15) is 70.6 Å². The normalized spacial score (nSPS) is 18.2. The first-order valence-electron chi connectivity index (χ1n) is 16.3. The van der Waals surface area contributed by atoms with E-state index in [-0.39, 0.29) is 42.8 Å². The molecule has 1 unspecified atom stereocenters. The molecule has 274 valence electrons. The van der Waals surface area contributed by atoms with Gasteiger partial charge in [-0.2, -0.15) is 0 Å². The molecular formula is C36H43IN4O9S. The maximum atomic E-state index is 14.3. The molecule has 0 aliphatic carbocycles. The summed E-state index contributed by atoms with van der Waals surface area (Å²) in [7, 11) is -1.50. The summed E-state index contributed by atoms with van der Waals surface area (Å²) in [6, 6.07) is 9.28. The van der Waals surface area contributed by atoms with Crippen molar-refractivity contribution in [3.05, 3.63) is 51.3 Å². The van der Waals surface area contributed by atoms with Crippen LogP contribution in [-0.4, -0.2) is 67.6 Å². The fourth-order valence-electron chi connectivity index (χ4n) is 6.27. The van der Waals surface area contributed by atoms with Crippen LogP contribution in [0.15, 0.2) is 34.0 Å². The summed E-state index contributed by atoms with van der Waals surface area (Å²) in [5, 5.41) is 12.7. The van der Waals surface area contributed by atoms with Crippen LogP contribution >= 0.6 is 25.6 Å². The van der Waals surface area contributed by atoms with E-state index in [0.717, 1.165) is 28.0 Å². The molecule has 2 aliphatic heterocycles. The minimum absolute atomic E-state index is 0.0973. The van der Waals surface area contributed by atoms with Crippen LogP contribution in [-0.2, 0) is 47.3 Å². The van der Waals surface area contributed by atoms with Crippen molar-refractivity contribution in [1.82, 2.24) is 14.9 Å². The third-order valence-corrected chi connectivity index (χ3v) is 26.8. The molecular weight excluding hydrogens is 791 g/mol. The van der Waals surface area contributed by atoms with E-state index in [0.29, 0.717) is 29.1 Å². The number of hydrogen-bond acceptors (Lipinski definition) is 11. The van der Waals surface area contributed by atoms with Gasteiger partial charge in [-0.15, -0.1) is 0 Å². The molecule has 15 heteroatoms. The van der Waals surface area contributed by atoms with Crippen molar-refractivity contribution in [2.45, 2.75) is 83.1 Å². The number of hydrogen-bond donors (Lipinski definition) is 1. The summed E-state index contributed by atoms with van der Waals surface area (Å²) < 4.78 is 23.5. The molecule has 5 rings (SSSR count). The first-order valence-corrected chi connectivity index (χ1v) is 25.4. The van der Waals surface area contributed by atoms with E-state index in [9.17, 15) is 29.2 Å². The topological polar surface area (TPSA) is 176 Å². The summed E-state index contributed by atoms with van der Waals surface area (Å²) in [5.41, 5.74) is -0.0308. The van der Waals surface area contributed by atoms with Crippen LogP contribution in [0.4, 0.5) is 4.79 Å². The van der Waals surface area contributed by atoms with Crippen LogP contribution in [0.3, 0.4) is 0 Å². The molecule has 0 saturated heterocycles. The van der Waals surface area contributed by atoms with Crippen molar-refractivity contribution < 1.29 is 38.1 Å². The SMILES string of the molecule is CC(=O)Oc1ccc2nc3c(c(S(C)(CCCC#N)I(C)C)c2c1)Cn1c-3cc2c(c1=O)COC(=O)[C@@]2(C)OC(=O)CCNC(=O)OC(C)(C)C. The summed E-state index contributed by atoms with van der Waals surface area (Å²) in [4.78, 5) is 75.3. The number of carbonyl (C=O) groups excluding carboxylic acids is 4. The number of benzene rings is 1. The van der Waals surface area contributed by atoms with E-state index >= 15 is 0 Å². The van der Waals surface area contributed by atoms with E-state index < -0.39 is 60.8 Å². The molecule has 51 heavy (non-hydrogen) atoms. The molecule has 13 nitrogen and oxygen atoms in total. The molecule has 4 heterocycles. The Balaban J connectivity index is 1.61. The number of nitrogens with one attached hydrogen (secondary N) is 1. The van der Waals surface area contributed by atoms with Crippen molar-refractivity contribution in [2.75, 3.05) is 28.4 Å². The quantitative estimate of drug-likeness (QED) is 0.0506. The van der Waals surface area contributed by atoms with Gasteiger partial charge in [-0.1, -0.05) is 0 Å². The zero-order chi connectivity index (χ0) is 37.5. The Hall–Kier alpha value is -4.17. The van der Waals surface area contributed by atoms with Crippen LogP contribution < -0.4 is 15.6 Å². The number of nitrogens with zero attached hydrogens (tertiary/aromatic N) is 3. The predicted molar refractivity (Wildman–Crippen MR) is 201 cm³/mol. The first kappa shape index (κ1) is 38.1. The number of alkyl carbamates (subject to hydrolysis) is 1. The number of amides is 1. The molecule has 2 atom stereocenters. The van der Waals surface area contributed by atoms with E-state index in [1.807, 2.05) is 6.07 Å². The maximum absolute atomic E-state index is 14.3. The molecule has 0 spiro atoms. The molecule has 1 aromatic carbocycles. The van der Waals surface area contributed by atoms with Gasteiger partial charge in [-0.05, 0) is 20.8 Å². The Labute approximate surface area is 303 Å². The number of esters is 3. The van der Waals surface area contributed by atoms with Gasteiger partial charge in [0.1, 0.15) is 5.60 Å². The second-order valence-electron chi connectivity index (χ2n) is 13.7. The van der Waals surface area contributed by atoms with Crippen molar-refractivity contribution in [3.8, 4) is 23.2 Å². The third kappa shape index (κ3) is 7.57. The number of nitriles is 1. The van der Waals surface area contributed by atoms with Crippen LogP contribution in [0.25, 0.3) is 22.3 Å². The second-order valence-corrected chi connectivity index (χ2v) is 30.4. The molecule has 0 fully saturated rings. The number of alkyl halides is 2. The third-order valence-electron chi connectivity index (χ3n) is 8.71. The minimum Gasteiger partial charge on any atom is -0.444 e. The van der Waals surface area contributed by atoms with Gasteiger partial charge in [0, 0.05) is 0 Å². The van der Waals surface area contributed by atoms with Crippen molar-refractivity contribution >= 4 is 60.5 Å². The second kappa shape index (κ2) is 14.5. The molecule has 0 bridgehead atoms. The van der Waals surface area contributed by atoms with Gasteiger partial charge < -0.3 is 10.1 Å².